The van der Waals surface area contributed by atoms with Crippen LogP contribution in [0.2, 0.25) is 0 Å². The average Bonchev–Trinajstić information content (AvgIpc) is 2.94. The molecule has 2 aromatic rings. The lowest BCUT2D eigenvalue weighted by molar-refractivity contribution is 0.229. The van der Waals surface area contributed by atoms with Crippen LogP contribution in [0.25, 0.3) is 11.6 Å². The van der Waals surface area contributed by atoms with Crippen LogP contribution in [0.15, 0.2) is 9.90 Å². The molecule has 2 N–H and O–H groups in total. The highest BCUT2D eigenvalue weighted by atomic mass is 32.1. The molecule has 1 saturated carbocycles. The van der Waals surface area contributed by atoms with Crippen molar-refractivity contribution in [2.75, 3.05) is 0 Å². The van der Waals surface area contributed by atoms with Crippen LogP contribution < -0.4 is 5.73 Å². The first-order valence-corrected chi connectivity index (χ1v) is 7.05. The third-order valence-electron chi connectivity index (χ3n) is 3.35. The Morgan fingerprint density at radius 3 is 2.72 bits per heavy atom. The number of aromatic nitrogens is 3. The standard InChI is InChI=1S/C12H16N4OS/c1-7(2)10-14-8(6-18-10)9-15-11(16-17-9)12(13)4-3-5-12/h6-7H,3-5,13H2,1-2H3. The van der Waals surface area contributed by atoms with E-state index in [4.69, 9.17) is 10.3 Å². The van der Waals surface area contributed by atoms with Crippen LogP contribution in [0.4, 0.5) is 0 Å². The summed E-state index contributed by atoms with van der Waals surface area (Å²) in [5, 5.41) is 7.03. The number of thiazole rings is 1. The molecule has 6 heteroatoms. The van der Waals surface area contributed by atoms with Crippen LogP contribution >= 0.6 is 11.3 Å². The number of hydrogen-bond acceptors (Lipinski definition) is 6. The molecular weight excluding hydrogens is 248 g/mol. The lowest BCUT2D eigenvalue weighted by Crippen LogP contribution is -2.44. The summed E-state index contributed by atoms with van der Waals surface area (Å²) >= 11 is 1.62. The normalized spacial score (nSPS) is 18.0. The van der Waals surface area contributed by atoms with Gasteiger partial charge in [0.15, 0.2) is 5.82 Å². The molecule has 0 atom stereocenters. The highest BCUT2D eigenvalue weighted by Gasteiger charge is 2.39. The maximum absolute atomic E-state index is 6.17. The van der Waals surface area contributed by atoms with Crippen LogP contribution in [0.1, 0.15) is 49.9 Å². The van der Waals surface area contributed by atoms with E-state index in [1.165, 1.54) is 0 Å². The first kappa shape index (κ1) is 11.8. The number of nitrogens with zero attached hydrogens (tertiary/aromatic N) is 3. The Bertz CT molecular complexity index is 556. The van der Waals surface area contributed by atoms with Gasteiger partial charge in [-0.25, -0.2) is 4.98 Å². The van der Waals surface area contributed by atoms with Crippen molar-refractivity contribution >= 4 is 11.3 Å². The molecule has 18 heavy (non-hydrogen) atoms. The summed E-state index contributed by atoms with van der Waals surface area (Å²) in [7, 11) is 0. The molecule has 0 aromatic carbocycles. The Balaban J connectivity index is 1.88. The largest absolute Gasteiger partial charge is 0.332 e. The van der Waals surface area contributed by atoms with Crippen LogP contribution in [0.3, 0.4) is 0 Å². The van der Waals surface area contributed by atoms with Gasteiger partial charge in [0.2, 0.25) is 0 Å². The van der Waals surface area contributed by atoms with E-state index >= 15 is 0 Å². The molecule has 1 fully saturated rings. The van der Waals surface area contributed by atoms with Crippen LogP contribution in [-0.4, -0.2) is 15.1 Å². The van der Waals surface area contributed by atoms with Crippen LogP contribution in [0.5, 0.6) is 0 Å². The monoisotopic (exact) mass is 264 g/mol. The van der Waals surface area contributed by atoms with Gasteiger partial charge in [0.25, 0.3) is 5.89 Å². The molecule has 1 aliphatic carbocycles. The van der Waals surface area contributed by atoms with Gasteiger partial charge in [-0.05, 0) is 19.3 Å². The summed E-state index contributed by atoms with van der Waals surface area (Å²) in [6, 6.07) is 0. The molecule has 1 aliphatic rings. The van der Waals surface area contributed by atoms with Crippen molar-refractivity contribution in [1.29, 1.82) is 0 Å². The summed E-state index contributed by atoms with van der Waals surface area (Å²) in [6.07, 6.45) is 3.00. The third kappa shape index (κ3) is 1.85. The Morgan fingerprint density at radius 1 is 1.39 bits per heavy atom. The zero-order chi connectivity index (χ0) is 12.8. The quantitative estimate of drug-likeness (QED) is 0.922. The first-order chi connectivity index (χ1) is 8.58. The second kappa shape index (κ2) is 4.13. The zero-order valence-electron chi connectivity index (χ0n) is 10.5. The van der Waals surface area contributed by atoms with Crippen molar-refractivity contribution in [1.82, 2.24) is 15.1 Å². The van der Waals surface area contributed by atoms with Crippen molar-refractivity contribution in [3.63, 3.8) is 0 Å². The lowest BCUT2D eigenvalue weighted by atomic mass is 9.77. The van der Waals surface area contributed by atoms with Gasteiger partial charge in [0, 0.05) is 11.3 Å². The van der Waals surface area contributed by atoms with E-state index in [0.29, 0.717) is 17.6 Å². The second-order valence-electron chi connectivity index (χ2n) is 5.16. The van der Waals surface area contributed by atoms with E-state index in [1.54, 1.807) is 11.3 Å². The van der Waals surface area contributed by atoms with Gasteiger partial charge in [-0.2, -0.15) is 4.98 Å². The van der Waals surface area contributed by atoms with Gasteiger partial charge < -0.3 is 10.3 Å². The fourth-order valence-corrected chi connectivity index (χ4v) is 2.77. The molecule has 5 nitrogen and oxygen atoms in total. The van der Waals surface area contributed by atoms with Gasteiger partial charge in [0.1, 0.15) is 5.69 Å². The van der Waals surface area contributed by atoms with E-state index in [2.05, 4.69) is 29.0 Å². The third-order valence-corrected chi connectivity index (χ3v) is 4.50. The minimum absolute atomic E-state index is 0.376. The van der Waals surface area contributed by atoms with Crippen molar-refractivity contribution in [2.24, 2.45) is 5.73 Å². The summed E-state index contributed by atoms with van der Waals surface area (Å²) in [5.41, 5.74) is 6.54. The first-order valence-electron chi connectivity index (χ1n) is 6.17. The van der Waals surface area contributed by atoms with E-state index in [0.717, 1.165) is 30.0 Å². The average molecular weight is 264 g/mol. The molecule has 0 unspecified atom stereocenters. The highest BCUT2D eigenvalue weighted by molar-refractivity contribution is 7.10. The van der Waals surface area contributed by atoms with Crippen molar-refractivity contribution in [3.05, 3.63) is 16.2 Å². The molecule has 3 rings (SSSR count). The highest BCUT2D eigenvalue weighted by Crippen LogP contribution is 2.37. The fraction of sp³-hybridized carbons (Fsp3) is 0.583. The summed E-state index contributed by atoms with van der Waals surface area (Å²) in [4.78, 5) is 8.89. The summed E-state index contributed by atoms with van der Waals surface area (Å²) in [6.45, 7) is 4.23. The molecule has 0 spiro atoms. The molecular formula is C12H16N4OS. The number of nitrogens with two attached hydrogens (primary N) is 1. The van der Waals surface area contributed by atoms with E-state index in [1.807, 2.05) is 5.38 Å². The smallest absolute Gasteiger partial charge is 0.277 e. The Morgan fingerprint density at radius 2 is 2.17 bits per heavy atom. The minimum Gasteiger partial charge on any atom is -0.332 e. The predicted molar refractivity (Wildman–Crippen MR) is 69.2 cm³/mol. The van der Waals surface area contributed by atoms with E-state index in [9.17, 15) is 0 Å². The fourth-order valence-electron chi connectivity index (χ4n) is 1.96. The Hall–Kier alpha value is -1.27. The van der Waals surface area contributed by atoms with Gasteiger partial charge in [-0.1, -0.05) is 19.0 Å². The number of rotatable bonds is 3. The molecule has 0 aliphatic heterocycles. The van der Waals surface area contributed by atoms with Crippen LogP contribution in [0, 0.1) is 0 Å². The zero-order valence-corrected chi connectivity index (χ0v) is 11.3. The Labute approximate surface area is 109 Å². The predicted octanol–water partition coefficient (Wildman–Crippen LogP) is 2.65. The molecule has 0 amide bonds. The molecule has 0 saturated heterocycles. The number of hydrogen-bond donors (Lipinski definition) is 1. The maximum Gasteiger partial charge on any atom is 0.277 e. The second-order valence-corrected chi connectivity index (χ2v) is 6.05. The van der Waals surface area contributed by atoms with Crippen molar-refractivity contribution < 1.29 is 4.52 Å². The molecule has 96 valence electrons. The Kier molecular flexibility index (Phi) is 2.71. The van der Waals surface area contributed by atoms with Crippen molar-refractivity contribution in [3.8, 4) is 11.6 Å². The van der Waals surface area contributed by atoms with E-state index in [-0.39, 0.29) is 5.54 Å². The molecule has 0 bridgehead atoms. The maximum atomic E-state index is 6.17. The van der Waals surface area contributed by atoms with E-state index < -0.39 is 0 Å². The van der Waals surface area contributed by atoms with Gasteiger partial charge in [-0.3, -0.25) is 0 Å². The van der Waals surface area contributed by atoms with Gasteiger partial charge >= 0.3 is 0 Å². The molecule has 0 radical (unpaired) electrons. The molecule has 2 aromatic heterocycles. The summed E-state index contributed by atoms with van der Waals surface area (Å²) < 4.78 is 5.27. The minimum atomic E-state index is -0.376. The van der Waals surface area contributed by atoms with Gasteiger partial charge in [0.05, 0.1) is 10.5 Å². The SMILES string of the molecule is CC(C)c1nc(-c2nc(C3(N)CCC3)no2)cs1. The van der Waals surface area contributed by atoms with Crippen molar-refractivity contribution in [2.45, 2.75) is 44.6 Å². The molecule has 2 heterocycles. The van der Waals surface area contributed by atoms with Gasteiger partial charge in [-0.15, -0.1) is 11.3 Å². The lowest BCUT2D eigenvalue weighted by Gasteiger charge is -2.34. The summed E-state index contributed by atoms with van der Waals surface area (Å²) in [5.74, 6) is 1.51. The topological polar surface area (TPSA) is 77.8 Å². The van der Waals surface area contributed by atoms with Crippen LogP contribution in [-0.2, 0) is 5.54 Å².